The second-order valence-electron chi connectivity index (χ2n) is 2.83. The molecule has 0 aliphatic heterocycles. The van der Waals surface area contributed by atoms with Crippen LogP contribution in [0.25, 0.3) is 0 Å². The lowest BCUT2D eigenvalue weighted by Gasteiger charge is -2.10. The highest BCUT2D eigenvalue weighted by atomic mass is 19.1. The van der Waals surface area contributed by atoms with E-state index >= 15 is 0 Å². The lowest BCUT2D eigenvalue weighted by atomic mass is 10.1. The molecule has 78 valence electrons. The molecular weight excluding hydrogens is 185 g/mol. The highest BCUT2D eigenvalue weighted by molar-refractivity contribution is 5.42. The second-order valence-corrected chi connectivity index (χ2v) is 2.83. The summed E-state index contributed by atoms with van der Waals surface area (Å²) >= 11 is 0. The van der Waals surface area contributed by atoms with Gasteiger partial charge >= 0.3 is 0 Å². The minimum atomic E-state index is -0.341. The van der Waals surface area contributed by atoms with Crippen molar-refractivity contribution < 1.29 is 13.9 Å². The number of nitrogens with two attached hydrogens (primary N) is 1. The molecule has 1 rings (SSSR count). The fourth-order valence-corrected chi connectivity index (χ4v) is 1.27. The van der Waals surface area contributed by atoms with Crippen LogP contribution in [0.5, 0.6) is 11.5 Å². The monoisotopic (exact) mass is 199 g/mol. The molecule has 0 aromatic heterocycles. The van der Waals surface area contributed by atoms with Crippen molar-refractivity contribution in [3.05, 3.63) is 23.5 Å². The van der Waals surface area contributed by atoms with E-state index in [9.17, 15) is 4.39 Å². The first-order valence-electron chi connectivity index (χ1n) is 4.33. The van der Waals surface area contributed by atoms with Crippen LogP contribution in [0.3, 0.4) is 0 Å². The zero-order valence-corrected chi connectivity index (χ0v) is 8.34. The summed E-state index contributed by atoms with van der Waals surface area (Å²) < 4.78 is 23.4. The molecular formula is C10H14FNO2. The number of hydrogen-bond acceptors (Lipinski definition) is 3. The molecule has 3 nitrogen and oxygen atoms in total. The van der Waals surface area contributed by atoms with Crippen LogP contribution in [-0.4, -0.2) is 20.8 Å². The number of methoxy groups -OCH3 is 2. The van der Waals surface area contributed by atoms with E-state index in [2.05, 4.69) is 0 Å². The molecule has 0 aliphatic carbocycles. The number of halogens is 1. The molecule has 0 heterocycles. The smallest absolute Gasteiger partial charge is 0.133 e. The minimum Gasteiger partial charge on any atom is -0.497 e. The molecule has 0 aliphatic rings. The average Bonchev–Trinajstić information content (AvgIpc) is 2.20. The Morgan fingerprint density at radius 3 is 2.50 bits per heavy atom. The van der Waals surface area contributed by atoms with Gasteiger partial charge in [0, 0.05) is 17.7 Å². The van der Waals surface area contributed by atoms with Gasteiger partial charge in [0.25, 0.3) is 0 Å². The van der Waals surface area contributed by atoms with Gasteiger partial charge in [-0.3, -0.25) is 0 Å². The van der Waals surface area contributed by atoms with Gasteiger partial charge < -0.3 is 15.2 Å². The van der Waals surface area contributed by atoms with E-state index in [4.69, 9.17) is 15.2 Å². The quantitative estimate of drug-likeness (QED) is 0.796. The maximum absolute atomic E-state index is 13.5. The highest BCUT2D eigenvalue weighted by Crippen LogP contribution is 2.27. The lowest BCUT2D eigenvalue weighted by molar-refractivity contribution is 0.384. The molecule has 4 heteroatoms. The third-order valence-electron chi connectivity index (χ3n) is 1.98. The van der Waals surface area contributed by atoms with Crippen LogP contribution in [0.15, 0.2) is 12.1 Å². The maximum Gasteiger partial charge on any atom is 0.133 e. The lowest BCUT2D eigenvalue weighted by Crippen LogP contribution is -2.06. The summed E-state index contributed by atoms with van der Waals surface area (Å²) in [6.45, 7) is 0.389. The first kappa shape index (κ1) is 10.8. The third kappa shape index (κ3) is 2.14. The highest BCUT2D eigenvalue weighted by Gasteiger charge is 2.11. The Kier molecular flexibility index (Phi) is 3.71. The number of hydrogen-bond donors (Lipinski definition) is 1. The van der Waals surface area contributed by atoms with Crippen molar-refractivity contribution in [2.24, 2.45) is 5.73 Å². The molecule has 0 spiro atoms. The van der Waals surface area contributed by atoms with Crippen LogP contribution >= 0.6 is 0 Å². The van der Waals surface area contributed by atoms with Gasteiger partial charge in [-0.15, -0.1) is 0 Å². The Labute approximate surface area is 82.6 Å². The molecule has 1 aromatic carbocycles. The van der Waals surface area contributed by atoms with E-state index in [0.29, 0.717) is 30.0 Å². The maximum atomic E-state index is 13.5. The molecule has 1 aromatic rings. The van der Waals surface area contributed by atoms with Gasteiger partial charge in [0.05, 0.1) is 14.2 Å². The molecule has 0 fully saturated rings. The molecule has 0 saturated carbocycles. The largest absolute Gasteiger partial charge is 0.497 e. The molecule has 0 saturated heterocycles. The SMILES string of the molecule is COc1cc(F)c(CCN)c(OC)c1. The van der Waals surface area contributed by atoms with Gasteiger partial charge in [0.15, 0.2) is 0 Å². The zero-order chi connectivity index (χ0) is 10.6. The molecule has 0 atom stereocenters. The third-order valence-corrected chi connectivity index (χ3v) is 1.98. The van der Waals surface area contributed by atoms with E-state index in [-0.39, 0.29) is 5.82 Å². The number of benzene rings is 1. The van der Waals surface area contributed by atoms with Crippen LogP contribution in [-0.2, 0) is 6.42 Å². The Hall–Kier alpha value is -1.29. The number of rotatable bonds is 4. The van der Waals surface area contributed by atoms with Crippen LogP contribution in [0.1, 0.15) is 5.56 Å². The summed E-state index contributed by atoms with van der Waals surface area (Å²) in [5, 5.41) is 0. The van der Waals surface area contributed by atoms with Crippen molar-refractivity contribution in [2.45, 2.75) is 6.42 Å². The Bertz CT molecular complexity index is 315. The van der Waals surface area contributed by atoms with Gasteiger partial charge in [0.1, 0.15) is 17.3 Å². The van der Waals surface area contributed by atoms with E-state index in [1.54, 1.807) is 6.07 Å². The van der Waals surface area contributed by atoms with E-state index in [0.717, 1.165) is 0 Å². The summed E-state index contributed by atoms with van der Waals surface area (Å²) in [6, 6.07) is 2.97. The van der Waals surface area contributed by atoms with Crippen molar-refractivity contribution in [1.29, 1.82) is 0 Å². The van der Waals surface area contributed by atoms with Crippen molar-refractivity contribution in [3.63, 3.8) is 0 Å². The average molecular weight is 199 g/mol. The Morgan fingerprint density at radius 2 is 2.00 bits per heavy atom. The Balaban J connectivity index is 3.13. The second kappa shape index (κ2) is 4.81. The van der Waals surface area contributed by atoms with E-state index in [1.165, 1.54) is 20.3 Å². The summed E-state index contributed by atoms with van der Waals surface area (Å²) in [7, 11) is 2.98. The first-order valence-corrected chi connectivity index (χ1v) is 4.33. The molecule has 0 radical (unpaired) electrons. The van der Waals surface area contributed by atoms with Gasteiger partial charge in [-0.1, -0.05) is 0 Å². The predicted octanol–water partition coefficient (Wildman–Crippen LogP) is 1.34. The molecule has 0 amide bonds. The fraction of sp³-hybridized carbons (Fsp3) is 0.400. The molecule has 14 heavy (non-hydrogen) atoms. The first-order chi connectivity index (χ1) is 6.72. The van der Waals surface area contributed by atoms with Gasteiger partial charge in [0.2, 0.25) is 0 Å². The van der Waals surface area contributed by atoms with Crippen molar-refractivity contribution in [3.8, 4) is 11.5 Å². The van der Waals surface area contributed by atoms with Crippen LogP contribution in [0.2, 0.25) is 0 Å². The van der Waals surface area contributed by atoms with Gasteiger partial charge in [-0.25, -0.2) is 4.39 Å². The summed E-state index contributed by atoms with van der Waals surface area (Å²) in [5.74, 6) is 0.582. The summed E-state index contributed by atoms with van der Waals surface area (Å²) in [5.41, 5.74) is 5.87. The molecule has 0 bridgehead atoms. The standard InChI is InChI=1S/C10H14FNO2/c1-13-7-5-9(11)8(3-4-12)10(6-7)14-2/h5-6H,3-4,12H2,1-2H3. The Morgan fingerprint density at radius 1 is 1.29 bits per heavy atom. The van der Waals surface area contributed by atoms with Gasteiger partial charge in [-0.2, -0.15) is 0 Å². The van der Waals surface area contributed by atoms with Crippen LogP contribution < -0.4 is 15.2 Å². The summed E-state index contributed by atoms with van der Waals surface area (Å²) in [6.07, 6.45) is 0.457. The molecule has 2 N–H and O–H groups in total. The minimum absolute atomic E-state index is 0.341. The van der Waals surface area contributed by atoms with Gasteiger partial charge in [-0.05, 0) is 13.0 Å². The van der Waals surface area contributed by atoms with Crippen molar-refractivity contribution in [2.75, 3.05) is 20.8 Å². The topological polar surface area (TPSA) is 44.5 Å². The fourth-order valence-electron chi connectivity index (χ4n) is 1.27. The van der Waals surface area contributed by atoms with Crippen molar-refractivity contribution >= 4 is 0 Å². The zero-order valence-electron chi connectivity index (χ0n) is 8.34. The molecule has 0 unspecified atom stereocenters. The van der Waals surface area contributed by atoms with Crippen LogP contribution in [0, 0.1) is 5.82 Å². The van der Waals surface area contributed by atoms with Crippen LogP contribution in [0.4, 0.5) is 4.39 Å². The van der Waals surface area contributed by atoms with Crippen molar-refractivity contribution in [1.82, 2.24) is 0 Å². The number of ether oxygens (including phenoxy) is 2. The van der Waals surface area contributed by atoms with E-state index in [1.807, 2.05) is 0 Å². The summed E-state index contributed by atoms with van der Waals surface area (Å²) in [4.78, 5) is 0. The normalized spacial score (nSPS) is 10.0. The van der Waals surface area contributed by atoms with E-state index < -0.39 is 0 Å². The predicted molar refractivity (Wildman–Crippen MR) is 52.3 cm³/mol.